The number of rotatable bonds is 9. The van der Waals surface area contributed by atoms with Crippen molar-refractivity contribution in [2.24, 2.45) is 5.73 Å². The largest absolute Gasteiger partial charge is 0.490 e. The summed E-state index contributed by atoms with van der Waals surface area (Å²) in [6.45, 7) is 9.27. The first-order valence-electron chi connectivity index (χ1n) is 7.64. The van der Waals surface area contributed by atoms with Gasteiger partial charge in [0.25, 0.3) is 5.91 Å². The van der Waals surface area contributed by atoms with Crippen LogP contribution in [0.4, 0.5) is 0 Å². The van der Waals surface area contributed by atoms with E-state index >= 15 is 0 Å². The first-order chi connectivity index (χ1) is 10.6. The molecule has 0 aliphatic heterocycles. The molecular formula is C16H27ClN2O4. The van der Waals surface area contributed by atoms with E-state index in [0.717, 1.165) is 0 Å². The maximum atomic E-state index is 12.3. The van der Waals surface area contributed by atoms with Crippen LogP contribution in [0.1, 0.15) is 38.1 Å². The zero-order valence-corrected chi connectivity index (χ0v) is 15.0. The Bertz CT molecular complexity index is 470. The number of halogens is 1. The predicted octanol–water partition coefficient (Wildman–Crippen LogP) is 2.38. The third kappa shape index (κ3) is 6.15. The van der Waals surface area contributed by atoms with E-state index in [4.69, 9.17) is 19.9 Å². The lowest BCUT2D eigenvalue weighted by Crippen LogP contribution is -2.37. The molecule has 0 aliphatic carbocycles. The third-order valence-electron chi connectivity index (χ3n) is 2.90. The molecule has 0 unspecified atom stereocenters. The summed E-state index contributed by atoms with van der Waals surface area (Å²) in [6.07, 6.45) is 0. The molecule has 0 radical (unpaired) electrons. The van der Waals surface area contributed by atoms with Gasteiger partial charge in [0, 0.05) is 18.2 Å². The molecule has 3 N–H and O–H groups in total. The topological polar surface area (TPSA) is 82.8 Å². The number of hydrogen-bond donors (Lipinski definition) is 2. The second-order valence-corrected chi connectivity index (χ2v) is 4.71. The van der Waals surface area contributed by atoms with Crippen molar-refractivity contribution in [2.75, 3.05) is 26.4 Å². The predicted molar refractivity (Wildman–Crippen MR) is 93.2 cm³/mol. The molecule has 1 amide bonds. The Labute approximate surface area is 144 Å². The number of nitrogens with two attached hydrogens (primary N) is 1. The quantitative estimate of drug-likeness (QED) is 0.717. The van der Waals surface area contributed by atoms with Gasteiger partial charge in [-0.25, -0.2) is 0 Å². The summed E-state index contributed by atoms with van der Waals surface area (Å²) >= 11 is 0. The van der Waals surface area contributed by atoms with E-state index in [-0.39, 0.29) is 24.4 Å². The lowest BCUT2D eigenvalue weighted by atomic mass is 10.1. The zero-order chi connectivity index (χ0) is 16.5. The van der Waals surface area contributed by atoms with Gasteiger partial charge in [0.05, 0.1) is 19.8 Å². The van der Waals surface area contributed by atoms with Gasteiger partial charge in [-0.05, 0) is 39.8 Å². The minimum atomic E-state index is -0.220. The molecule has 1 atom stereocenters. The zero-order valence-electron chi connectivity index (χ0n) is 14.2. The molecule has 7 heteroatoms. The minimum Gasteiger partial charge on any atom is -0.490 e. The van der Waals surface area contributed by atoms with Crippen LogP contribution >= 0.6 is 12.4 Å². The number of nitrogens with one attached hydrogen (secondary N) is 1. The van der Waals surface area contributed by atoms with Crippen molar-refractivity contribution in [2.45, 2.75) is 33.7 Å². The molecule has 0 bridgehead atoms. The van der Waals surface area contributed by atoms with Gasteiger partial charge >= 0.3 is 0 Å². The lowest BCUT2D eigenvalue weighted by Gasteiger charge is -2.18. The number of carbonyl (C=O) groups excluding carboxylic acids is 1. The van der Waals surface area contributed by atoms with Crippen LogP contribution in [0.3, 0.4) is 0 Å². The summed E-state index contributed by atoms with van der Waals surface area (Å²) in [5.74, 6) is 1.30. The van der Waals surface area contributed by atoms with Crippen molar-refractivity contribution in [3.8, 4) is 17.2 Å². The van der Waals surface area contributed by atoms with Gasteiger partial charge in [-0.15, -0.1) is 12.4 Å². The standard InChI is InChI=1S/C16H26N2O4.ClH/c1-5-20-13-8-12(16(19)18-11(4)10-17)9-14(21-6-2)15(13)22-7-3;/h8-9,11H,5-7,10,17H2,1-4H3,(H,18,19);1H/t11-;/m0./s1. The monoisotopic (exact) mass is 346 g/mol. The van der Waals surface area contributed by atoms with Crippen LogP contribution in [-0.2, 0) is 0 Å². The Hall–Kier alpha value is -1.66. The Morgan fingerprint density at radius 1 is 1.09 bits per heavy atom. The number of carbonyl (C=O) groups is 1. The van der Waals surface area contributed by atoms with Crippen LogP contribution in [0.25, 0.3) is 0 Å². The number of ether oxygens (including phenoxy) is 3. The fourth-order valence-electron chi connectivity index (χ4n) is 1.89. The molecule has 0 heterocycles. The van der Waals surface area contributed by atoms with Crippen molar-refractivity contribution >= 4 is 18.3 Å². The summed E-state index contributed by atoms with van der Waals surface area (Å²) in [5.41, 5.74) is 5.99. The van der Waals surface area contributed by atoms with Gasteiger partial charge in [0.1, 0.15) is 0 Å². The molecule has 0 saturated carbocycles. The van der Waals surface area contributed by atoms with E-state index < -0.39 is 0 Å². The third-order valence-corrected chi connectivity index (χ3v) is 2.90. The van der Waals surface area contributed by atoms with Gasteiger partial charge in [-0.2, -0.15) is 0 Å². The molecule has 132 valence electrons. The maximum Gasteiger partial charge on any atom is 0.251 e. The second kappa shape index (κ2) is 11.0. The first-order valence-corrected chi connectivity index (χ1v) is 7.64. The Balaban J connectivity index is 0.00000484. The summed E-state index contributed by atoms with van der Waals surface area (Å²) in [4.78, 5) is 12.3. The molecule has 0 aromatic heterocycles. The molecule has 1 aromatic carbocycles. The molecule has 1 aromatic rings. The van der Waals surface area contributed by atoms with Gasteiger partial charge in [-0.1, -0.05) is 0 Å². The summed E-state index contributed by atoms with van der Waals surface area (Å²) in [5, 5.41) is 2.82. The smallest absolute Gasteiger partial charge is 0.251 e. The van der Waals surface area contributed by atoms with Gasteiger partial charge in [0.15, 0.2) is 11.5 Å². The van der Waals surface area contributed by atoms with Crippen molar-refractivity contribution in [3.05, 3.63) is 17.7 Å². The molecule has 0 fully saturated rings. The lowest BCUT2D eigenvalue weighted by molar-refractivity contribution is 0.0940. The van der Waals surface area contributed by atoms with Crippen molar-refractivity contribution in [1.29, 1.82) is 0 Å². The van der Waals surface area contributed by atoms with Crippen LogP contribution in [0.15, 0.2) is 12.1 Å². The average molecular weight is 347 g/mol. The summed E-state index contributed by atoms with van der Waals surface area (Å²) in [6, 6.07) is 3.22. The first kappa shape index (κ1) is 21.3. The number of hydrogen-bond acceptors (Lipinski definition) is 5. The molecule has 0 saturated heterocycles. The molecular weight excluding hydrogens is 320 g/mol. The minimum absolute atomic E-state index is 0. The van der Waals surface area contributed by atoms with E-state index in [2.05, 4.69) is 5.32 Å². The maximum absolute atomic E-state index is 12.3. The Morgan fingerprint density at radius 3 is 1.96 bits per heavy atom. The number of benzene rings is 1. The van der Waals surface area contributed by atoms with Crippen LogP contribution in [0.2, 0.25) is 0 Å². The fraction of sp³-hybridized carbons (Fsp3) is 0.562. The highest BCUT2D eigenvalue weighted by molar-refractivity contribution is 5.95. The van der Waals surface area contributed by atoms with E-state index in [9.17, 15) is 4.79 Å². The SMILES string of the molecule is CCOc1cc(C(=O)N[C@@H](C)CN)cc(OCC)c1OCC.Cl. The van der Waals surface area contributed by atoms with E-state index in [1.165, 1.54) is 0 Å². The van der Waals surface area contributed by atoms with Crippen LogP contribution in [0, 0.1) is 0 Å². The van der Waals surface area contributed by atoms with Gasteiger partial charge in [0.2, 0.25) is 5.75 Å². The van der Waals surface area contributed by atoms with Crippen LogP contribution in [0.5, 0.6) is 17.2 Å². The second-order valence-electron chi connectivity index (χ2n) is 4.71. The summed E-state index contributed by atoms with van der Waals surface area (Å²) in [7, 11) is 0. The van der Waals surface area contributed by atoms with E-state index in [0.29, 0.717) is 49.2 Å². The van der Waals surface area contributed by atoms with Crippen LogP contribution in [-0.4, -0.2) is 38.3 Å². The Morgan fingerprint density at radius 2 is 1.57 bits per heavy atom. The molecule has 6 nitrogen and oxygen atoms in total. The van der Waals surface area contributed by atoms with Crippen LogP contribution < -0.4 is 25.3 Å². The normalized spacial score (nSPS) is 11.2. The van der Waals surface area contributed by atoms with Gasteiger partial charge < -0.3 is 25.3 Å². The number of amides is 1. The molecule has 0 spiro atoms. The fourth-order valence-corrected chi connectivity index (χ4v) is 1.89. The van der Waals surface area contributed by atoms with Crippen molar-refractivity contribution in [3.63, 3.8) is 0 Å². The molecule has 1 rings (SSSR count). The summed E-state index contributed by atoms with van der Waals surface area (Å²) < 4.78 is 16.8. The average Bonchev–Trinajstić information content (AvgIpc) is 2.50. The van der Waals surface area contributed by atoms with Crippen molar-refractivity contribution < 1.29 is 19.0 Å². The highest BCUT2D eigenvalue weighted by Gasteiger charge is 2.18. The van der Waals surface area contributed by atoms with Crippen molar-refractivity contribution in [1.82, 2.24) is 5.32 Å². The highest BCUT2D eigenvalue weighted by atomic mass is 35.5. The highest BCUT2D eigenvalue weighted by Crippen LogP contribution is 2.39. The van der Waals surface area contributed by atoms with E-state index in [1.54, 1.807) is 12.1 Å². The van der Waals surface area contributed by atoms with E-state index in [1.807, 2.05) is 27.7 Å². The molecule has 0 aliphatic rings. The Kier molecular flexibility index (Phi) is 10.2. The molecule has 23 heavy (non-hydrogen) atoms. The van der Waals surface area contributed by atoms with Gasteiger partial charge in [-0.3, -0.25) is 4.79 Å².